The van der Waals surface area contributed by atoms with E-state index in [1.165, 1.54) is 6.07 Å². The van der Waals surface area contributed by atoms with Gasteiger partial charge in [0.15, 0.2) is 0 Å². The number of thiophene rings is 1. The standard InChI is InChI=1S/C20H13Cl2FN2OS/c21-11-6-7-17-12(9-11)16-10-15(18-5-2-8-27-18)24-25(16)20(26-17)19-13(22)3-1-4-14(19)23/h1-9,16,20H,10H2/t16-,20+/m1/s1. The predicted molar refractivity (Wildman–Crippen MR) is 106 cm³/mol. The van der Waals surface area contributed by atoms with Crippen molar-refractivity contribution in [2.45, 2.75) is 18.7 Å². The molecular formula is C20H13Cl2FN2OS. The van der Waals surface area contributed by atoms with Gasteiger partial charge >= 0.3 is 0 Å². The molecule has 3 heterocycles. The summed E-state index contributed by atoms with van der Waals surface area (Å²) in [5, 5.41) is 9.55. The first-order valence-electron chi connectivity index (χ1n) is 8.41. The maximum atomic E-state index is 14.6. The maximum absolute atomic E-state index is 14.6. The Kier molecular flexibility index (Phi) is 4.11. The number of nitrogens with zero attached hydrogens (tertiary/aromatic N) is 2. The Morgan fingerprint density at radius 1 is 1.15 bits per heavy atom. The molecule has 0 bridgehead atoms. The van der Waals surface area contributed by atoms with Crippen LogP contribution in [-0.2, 0) is 0 Å². The van der Waals surface area contributed by atoms with E-state index in [1.54, 1.807) is 34.5 Å². The van der Waals surface area contributed by atoms with Gasteiger partial charge in [0.25, 0.3) is 0 Å². The fourth-order valence-electron chi connectivity index (χ4n) is 3.59. The average Bonchev–Trinajstić information content (AvgIpc) is 3.31. The first-order chi connectivity index (χ1) is 13.1. The molecule has 0 N–H and O–H groups in total. The topological polar surface area (TPSA) is 24.8 Å². The second kappa shape index (κ2) is 6.51. The van der Waals surface area contributed by atoms with Crippen molar-refractivity contribution >= 4 is 40.3 Å². The molecule has 1 aromatic heterocycles. The van der Waals surface area contributed by atoms with Crippen LogP contribution in [0, 0.1) is 5.82 Å². The highest BCUT2D eigenvalue weighted by molar-refractivity contribution is 7.12. The van der Waals surface area contributed by atoms with Crippen molar-refractivity contribution in [1.29, 1.82) is 0 Å². The molecule has 0 unspecified atom stereocenters. The molecule has 0 saturated heterocycles. The second-order valence-electron chi connectivity index (χ2n) is 6.41. The lowest BCUT2D eigenvalue weighted by molar-refractivity contribution is -0.0211. The van der Waals surface area contributed by atoms with Gasteiger partial charge < -0.3 is 4.74 Å². The quantitative estimate of drug-likeness (QED) is 0.478. The molecule has 0 saturated carbocycles. The largest absolute Gasteiger partial charge is 0.464 e. The van der Waals surface area contributed by atoms with Crippen molar-refractivity contribution < 1.29 is 9.13 Å². The van der Waals surface area contributed by atoms with Crippen LogP contribution in [-0.4, -0.2) is 10.7 Å². The molecule has 27 heavy (non-hydrogen) atoms. The van der Waals surface area contributed by atoms with E-state index < -0.39 is 12.0 Å². The third kappa shape index (κ3) is 2.81. The summed E-state index contributed by atoms with van der Waals surface area (Å²) in [6.07, 6.45) is -0.0467. The van der Waals surface area contributed by atoms with Crippen LogP contribution in [0.4, 0.5) is 4.39 Å². The van der Waals surface area contributed by atoms with Gasteiger partial charge in [0, 0.05) is 17.0 Å². The minimum atomic E-state index is -0.741. The highest BCUT2D eigenvalue weighted by atomic mass is 35.5. The molecule has 2 aliphatic rings. The molecule has 0 amide bonds. The molecule has 2 aromatic carbocycles. The van der Waals surface area contributed by atoms with Crippen LogP contribution in [0.2, 0.25) is 10.0 Å². The van der Waals surface area contributed by atoms with Crippen LogP contribution in [0.15, 0.2) is 59.0 Å². The van der Waals surface area contributed by atoms with E-state index in [2.05, 4.69) is 0 Å². The zero-order valence-electron chi connectivity index (χ0n) is 13.9. The molecule has 0 aliphatic carbocycles. The molecule has 2 aliphatic heterocycles. The third-order valence-corrected chi connectivity index (χ3v) is 6.29. The van der Waals surface area contributed by atoms with Crippen LogP contribution in [0.5, 0.6) is 5.75 Å². The smallest absolute Gasteiger partial charge is 0.218 e. The lowest BCUT2D eigenvalue weighted by atomic mass is 9.97. The molecule has 3 aromatic rings. The van der Waals surface area contributed by atoms with E-state index in [4.69, 9.17) is 33.0 Å². The summed E-state index contributed by atoms with van der Waals surface area (Å²) in [5.41, 5.74) is 2.19. The zero-order valence-corrected chi connectivity index (χ0v) is 16.2. The van der Waals surface area contributed by atoms with E-state index in [0.29, 0.717) is 27.8 Å². The minimum absolute atomic E-state index is 0.0924. The normalized spacial score (nSPS) is 20.7. The fraction of sp³-hybridized carbons (Fsp3) is 0.150. The van der Waals surface area contributed by atoms with Crippen LogP contribution in [0.25, 0.3) is 0 Å². The zero-order chi connectivity index (χ0) is 18.5. The van der Waals surface area contributed by atoms with Gasteiger partial charge in [-0.2, -0.15) is 5.10 Å². The molecule has 3 nitrogen and oxygen atoms in total. The predicted octanol–water partition coefficient (Wildman–Crippen LogP) is 6.44. The molecule has 0 spiro atoms. The second-order valence-corrected chi connectivity index (χ2v) is 8.20. The fourth-order valence-corrected chi connectivity index (χ4v) is 4.74. The Balaban J connectivity index is 1.66. The third-order valence-electron chi connectivity index (χ3n) is 4.80. The van der Waals surface area contributed by atoms with Crippen molar-refractivity contribution in [2.75, 3.05) is 0 Å². The Labute approximate surface area is 169 Å². The summed E-state index contributed by atoms with van der Waals surface area (Å²) >= 11 is 14.2. The SMILES string of the molecule is Fc1cccc(Cl)c1[C@@H]1Oc2ccc(Cl)cc2[C@H]2CC(c3cccs3)=NN21. The van der Waals surface area contributed by atoms with Crippen LogP contribution >= 0.6 is 34.5 Å². The molecule has 0 radical (unpaired) electrons. The summed E-state index contributed by atoms with van der Waals surface area (Å²) in [7, 11) is 0. The van der Waals surface area contributed by atoms with Crippen molar-refractivity contribution in [3.8, 4) is 5.75 Å². The Morgan fingerprint density at radius 3 is 2.81 bits per heavy atom. The summed E-state index contributed by atoms with van der Waals surface area (Å²) in [4.78, 5) is 1.09. The number of ether oxygens (including phenoxy) is 1. The highest BCUT2D eigenvalue weighted by Crippen LogP contribution is 2.49. The van der Waals surface area contributed by atoms with Gasteiger partial charge in [-0.3, -0.25) is 0 Å². The lowest BCUT2D eigenvalue weighted by Crippen LogP contribution is -2.34. The van der Waals surface area contributed by atoms with Crippen LogP contribution < -0.4 is 4.74 Å². The summed E-state index contributed by atoms with van der Waals surface area (Å²) < 4.78 is 20.8. The van der Waals surface area contributed by atoms with E-state index in [-0.39, 0.29) is 6.04 Å². The molecule has 136 valence electrons. The van der Waals surface area contributed by atoms with Gasteiger partial charge in [-0.1, -0.05) is 35.3 Å². The molecule has 0 fully saturated rings. The van der Waals surface area contributed by atoms with Gasteiger partial charge in [0.2, 0.25) is 6.23 Å². The van der Waals surface area contributed by atoms with Crippen LogP contribution in [0.3, 0.4) is 0 Å². The van der Waals surface area contributed by atoms with Crippen molar-refractivity contribution in [2.24, 2.45) is 5.10 Å². The highest BCUT2D eigenvalue weighted by Gasteiger charge is 2.42. The number of benzene rings is 2. The number of halogens is 3. The number of hydrazone groups is 1. The van der Waals surface area contributed by atoms with Crippen LogP contribution in [0.1, 0.15) is 34.7 Å². The number of hydrogen-bond acceptors (Lipinski definition) is 4. The average molecular weight is 419 g/mol. The van der Waals surface area contributed by atoms with Gasteiger partial charge in [0.05, 0.1) is 27.2 Å². The van der Waals surface area contributed by atoms with Crippen molar-refractivity contribution in [3.05, 3.63) is 85.8 Å². The number of rotatable bonds is 2. The van der Waals surface area contributed by atoms with Crippen molar-refractivity contribution in [1.82, 2.24) is 5.01 Å². The Hall–Kier alpha value is -2.08. The molecule has 5 rings (SSSR count). The first kappa shape index (κ1) is 17.0. The Bertz CT molecular complexity index is 1030. The summed E-state index contributed by atoms with van der Waals surface area (Å²) in [5.74, 6) is 0.260. The Morgan fingerprint density at radius 2 is 2.04 bits per heavy atom. The van der Waals surface area contributed by atoms with Gasteiger partial charge in [-0.15, -0.1) is 11.3 Å². The summed E-state index contributed by atoms with van der Waals surface area (Å²) in [6, 6.07) is 14.0. The van der Waals surface area contributed by atoms with Gasteiger partial charge in [0.1, 0.15) is 11.6 Å². The molecule has 2 atom stereocenters. The number of fused-ring (bicyclic) bond motifs is 3. The minimum Gasteiger partial charge on any atom is -0.464 e. The van der Waals surface area contributed by atoms with E-state index in [1.807, 2.05) is 29.6 Å². The van der Waals surface area contributed by atoms with Gasteiger partial charge in [-0.05, 0) is 41.8 Å². The van der Waals surface area contributed by atoms with E-state index >= 15 is 0 Å². The monoisotopic (exact) mass is 418 g/mol. The number of hydrogen-bond donors (Lipinski definition) is 0. The van der Waals surface area contributed by atoms with Crippen molar-refractivity contribution in [3.63, 3.8) is 0 Å². The maximum Gasteiger partial charge on any atom is 0.218 e. The first-order valence-corrected chi connectivity index (χ1v) is 10.0. The van der Waals surface area contributed by atoms with E-state index in [9.17, 15) is 4.39 Å². The van der Waals surface area contributed by atoms with E-state index in [0.717, 1.165) is 16.2 Å². The lowest BCUT2D eigenvalue weighted by Gasteiger charge is -2.38. The van der Waals surface area contributed by atoms with Gasteiger partial charge in [-0.25, -0.2) is 9.40 Å². The molecular weight excluding hydrogens is 406 g/mol. The molecule has 7 heteroatoms. The summed E-state index contributed by atoms with van der Waals surface area (Å²) in [6.45, 7) is 0.